The van der Waals surface area contributed by atoms with Gasteiger partial charge < -0.3 is 20.4 Å². The van der Waals surface area contributed by atoms with Gasteiger partial charge in [-0.05, 0) is 68.1 Å². The summed E-state index contributed by atoms with van der Waals surface area (Å²) in [5, 5.41) is 7.55. The molecule has 0 spiro atoms. The van der Waals surface area contributed by atoms with E-state index in [1.165, 1.54) is 63.4 Å². The van der Waals surface area contributed by atoms with E-state index >= 15 is 0 Å². The summed E-state index contributed by atoms with van der Waals surface area (Å²) in [7, 11) is 0. The van der Waals surface area contributed by atoms with Crippen LogP contribution in [-0.4, -0.2) is 47.8 Å². The molecule has 1 aliphatic carbocycles. The molecule has 3 aliphatic rings. The fraction of sp³-hybridized carbons (Fsp3) is 0.633. The minimum Gasteiger partial charge on any atom is -0.361 e. The third kappa shape index (κ3) is 6.54. The van der Waals surface area contributed by atoms with E-state index in [0.29, 0.717) is 17.0 Å². The maximum Gasteiger partial charge on any atom is 0.232 e. The lowest BCUT2D eigenvalue weighted by Gasteiger charge is -2.38. The van der Waals surface area contributed by atoms with Crippen LogP contribution in [0, 0.1) is 11.8 Å². The number of aromatic nitrogens is 2. The normalized spacial score (nSPS) is 22.5. The Kier molecular flexibility index (Phi) is 8.48. The van der Waals surface area contributed by atoms with Gasteiger partial charge in [0.25, 0.3) is 0 Å². The molecule has 2 N–H and O–H groups in total. The standard InChI is InChI=1S/C30H44N6S/c1-23-13-18-35(19-14-23)26-20-27(36-17-9-10-24(2)21-36)33-28(32-26)34-29(37)31-22-30(15-7-4-8-16-30)25-11-5-3-6-12-25/h3,5-6,11-12,20,23-24H,4,7-10,13-19,21-22H2,1-2H3,(H2,31,32,33,34,37). The fourth-order valence-corrected chi connectivity index (χ4v) is 6.58. The van der Waals surface area contributed by atoms with Crippen molar-refractivity contribution in [3.8, 4) is 0 Å². The largest absolute Gasteiger partial charge is 0.361 e. The Labute approximate surface area is 228 Å². The SMILES string of the molecule is CC1CCN(c2cc(N3CCCC(C)C3)nc(NC(=S)NCC3(c4ccccc4)CCCCC3)n2)CC1. The summed E-state index contributed by atoms with van der Waals surface area (Å²) in [5.74, 6) is 4.12. The van der Waals surface area contributed by atoms with E-state index in [4.69, 9.17) is 22.2 Å². The molecule has 1 aromatic carbocycles. The summed E-state index contributed by atoms with van der Waals surface area (Å²) < 4.78 is 0. The van der Waals surface area contributed by atoms with E-state index < -0.39 is 0 Å². The minimum absolute atomic E-state index is 0.132. The molecule has 37 heavy (non-hydrogen) atoms. The molecule has 1 aromatic heterocycles. The first kappa shape index (κ1) is 26.2. The molecule has 2 aliphatic heterocycles. The molecule has 0 amide bonds. The molecule has 0 radical (unpaired) electrons. The summed E-state index contributed by atoms with van der Waals surface area (Å²) in [6.45, 7) is 9.74. The Hall–Kier alpha value is -2.41. The lowest BCUT2D eigenvalue weighted by Crippen LogP contribution is -2.43. The number of nitrogens with zero attached hydrogens (tertiary/aromatic N) is 4. The number of anilines is 3. The van der Waals surface area contributed by atoms with Crippen molar-refractivity contribution in [1.82, 2.24) is 15.3 Å². The molecule has 2 aromatic rings. The molecule has 7 heteroatoms. The summed E-state index contributed by atoms with van der Waals surface area (Å²) in [4.78, 5) is 14.8. The first-order valence-corrected chi connectivity index (χ1v) is 14.9. The summed E-state index contributed by atoms with van der Waals surface area (Å²) in [5.41, 5.74) is 1.55. The molecule has 1 saturated carbocycles. The monoisotopic (exact) mass is 520 g/mol. The molecule has 0 bridgehead atoms. The topological polar surface area (TPSA) is 56.3 Å². The van der Waals surface area contributed by atoms with Crippen molar-refractivity contribution in [2.45, 2.75) is 77.0 Å². The first-order chi connectivity index (χ1) is 18.0. The van der Waals surface area contributed by atoms with Gasteiger partial charge >= 0.3 is 0 Å². The van der Waals surface area contributed by atoms with E-state index in [2.05, 4.69) is 70.7 Å². The number of rotatable bonds is 6. The second-order valence-electron chi connectivity index (χ2n) is 11.8. The molecule has 6 nitrogen and oxygen atoms in total. The molecule has 200 valence electrons. The highest BCUT2D eigenvalue weighted by Gasteiger charge is 2.34. The van der Waals surface area contributed by atoms with Gasteiger partial charge in [-0.15, -0.1) is 0 Å². The van der Waals surface area contributed by atoms with Gasteiger partial charge in [0, 0.05) is 44.2 Å². The van der Waals surface area contributed by atoms with Gasteiger partial charge in [-0.1, -0.05) is 63.4 Å². The zero-order chi connectivity index (χ0) is 25.7. The van der Waals surface area contributed by atoms with Gasteiger partial charge in [-0.3, -0.25) is 0 Å². The lowest BCUT2D eigenvalue weighted by atomic mass is 9.69. The zero-order valence-electron chi connectivity index (χ0n) is 22.7. The zero-order valence-corrected chi connectivity index (χ0v) is 23.5. The average molecular weight is 521 g/mol. The van der Waals surface area contributed by atoms with E-state index in [1.807, 2.05) is 0 Å². The number of thiocarbonyl (C=S) groups is 1. The third-order valence-corrected chi connectivity index (χ3v) is 9.04. The Morgan fingerprint density at radius 2 is 1.59 bits per heavy atom. The van der Waals surface area contributed by atoms with Crippen LogP contribution in [0.4, 0.5) is 17.6 Å². The second-order valence-corrected chi connectivity index (χ2v) is 12.2. The van der Waals surface area contributed by atoms with E-state index in [9.17, 15) is 0 Å². The average Bonchev–Trinajstić information content (AvgIpc) is 2.93. The molecular formula is C30H44N6S. The molecular weight excluding hydrogens is 476 g/mol. The predicted molar refractivity (Wildman–Crippen MR) is 159 cm³/mol. The van der Waals surface area contributed by atoms with E-state index in [0.717, 1.165) is 50.3 Å². The van der Waals surface area contributed by atoms with Gasteiger partial charge in [0.2, 0.25) is 5.95 Å². The maximum absolute atomic E-state index is 5.81. The Morgan fingerprint density at radius 1 is 0.892 bits per heavy atom. The van der Waals surface area contributed by atoms with Crippen molar-refractivity contribution in [2.24, 2.45) is 11.8 Å². The Bertz CT molecular complexity index is 1030. The second kappa shape index (κ2) is 12.0. The van der Waals surface area contributed by atoms with Crippen LogP contribution in [0.2, 0.25) is 0 Å². The summed E-state index contributed by atoms with van der Waals surface area (Å²) in [6, 6.07) is 13.2. The number of hydrogen-bond donors (Lipinski definition) is 2. The van der Waals surface area contributed by atoms with E-state index in [1.54, 1.807) is 0 Å². The van der Waals surface area contributed by atoms with Crippen molar-refractivity contribution in [1.29, 1.82) is 0 Å². The predicted octanol–water partition coefficient (Wildman–Crippen LogP) is 6.14. The van der Waals surface area contributed by atoms with Crippen LogP contribution in [0.25, 0.3) is 0 Å². The molecule has 2 saturated heterocycles. The Balaban J connectivity index is 1.32. The molecule has 1 atom stereocenters. The fourth-order valence-electron chi connectivity index (χ4n) is 6.42. The number of hydrogen-bond acceptors (Lipinski definition) is 5. The van der Waals surface area contributed by atoms with Crippen LogP contribution in [0.3, 0.4) is 0 Å². The maximum atomic E-state index is 5.81. The van der Waals surface area contributed by atoms with Crippen LogP contribution in [0.1, 0.15) is 77.2 Å². The quantitative estimate of drug-likeness (QED) is 0.444. The van der Waals surface area contributed by atoms with Crippen LogP contribution < -0.4 is 20.4 Å². The van der Waals surface area contributed by atoms with Crippen LogP contribution in [0.5, 0.6) is 0 Å². The van der Waals surface area contributed by atoms with E-state index in [-0.39, 0.29) is 5.41 Å². The number of piperidine rings is 2. The van der Waals surface area contributed by atoms with Crippen LogP contribution >= 0.6 is 12.2 Å². The van der Waals surface area contributed by atoms with Gasteiger partial charge in [-0.25, -0.2) is 0 Å². The van der Waals surface area contributed by atoms with Crippen molar-refractivity contribution in [2.75, 3.05) is 47.8 Å². The van der Waals surface area contributed by atoms with Gasteiger partial charge in [-0.2, -0.15) is 9.97 Å². The highest BCUT2D eigenvalue weighted by molar-refractivity contribution is 7.80. The molecule has 3 fully saturated rings. The Morgan fingerprint density at radius 3 is 2.30 bits per heavy atom. The highest BCUT2D eigenvalue weighted by Crippen LogP contribution is 2.39. The molecule has 3 heterocycles. The van der Waals surface area contributed by atoms with Crippen LogP contribution in [-0.2, 0) is 5.41 Å². The van der Waals surface area contributed by atoms with Gasteiger partial charge in [0.15, 0.2) is 5.11 Å². The third-order valence-electron chi connectivity index (χ3n) is 8.80. The van der Waals surface area contributed by atoms with Crippen molar-refractivity contribution >= 4 is 34.9 Å². The van der Waals surface area contributed by atoms with Gasteiger partial charge in [0.05, 0.1) is 0 Å². The highest BCUT2D eigenvalue weighted by atomic mass is 32.1. The van der Waals surface area contributed by atoms with Crippen molar-refractivity contribution < 1.29 is 0 Å². The number of nitrogens with one attached hydrogen (secondary N) is 2. The first-order valence-electron chi connectivity index (χ1n) is 14.5. The van der Waals surface area contributed by atoms with Gasteiger partial charge in [0.1, 0.15) is 11.6 Å². The smallest absolute Gasteiger partial charge is 0.232 e. The van der Waals surface area contributed by atoms with Crippen LogP contribution in [0.15, 0.2) is 36.4 Å². The minimum atomic E-state index is 0.132. The van der Waals surface area contributed by atoms with Crippen molar-refractivity contribution in [3.05, 3.63) is 42.0 Å². The number of benzene rings is 1. The lowest BCUT2D eigenvalue weighted by molar-refractivity contribution is 0.292. The molecule has 5 rings (SSSR count). The summed E-state index contributed by atoms with van der Waals surface area (Å²) in [6.07, 6.45) is 11.2. The molecule has 1 unspecified atom stereocenters. The van der Waals surface area contributed by atoms with Crippen molar-refractivity contribution in [3.63, 3.8) is 0 Å². The summed E-state index contributed by atoms with van der Waals surface area (Å²) >= 11 is 5.81.